The number of nitrogens with one attached hydrogen (secondary N) is 1. The van der Waals surface area contributed by atoms with E-state index < -0.39 is 0 Å². The van der Waals surface area contributed by atoms with Crippen LogP contribution in [0.1, 0.15) is 60.8 Å². The molecule has 0 amide bonds. The molecule has 0 aromatic heterocycles. The van der Waals surface area contributed by atoms with Crippen LogP contribution in [0.5, 0.6) is 0 Å². The maximum atomic E-state index is 3.53. The molecule has 1 atom stereocenters. The fraction of sp³-hybridized carbons (Fsp3) is 0.625. The van der Waals surface area contributed by atoms with Gasteiger partial charge >= 0.3 is 0 Å². The van der Waals surface area contributed by atoms with E-state index in [-0.39, 0.29) is 0 Å². The molecule has 1 nitrogen and oxygen atoms in total. The summed E-state index contributed by atoms with van der Waals surface area (Å²) >= 11 is 0. The summed E-state index contributed by atoms with van der Waals surface area (Å²) in [6.07, 6.45) is 2.66. The van der Waals surface area contributed by atoms with Gasteiger partial charge in [-0.05, 0) is 67.3 Å². The summed E-state index contributed by atoms with van der Waals surface area (Å²) in [5, 5.41) is 3.53. The fourth-order valence-electron chi connectivity index (χ4n) is 2.79. The van der Waals surface area contributed by atoms with Gasteiger partial charge in [-0.2, -0.15) is 0 Å². The third-order valence-corrected chi connectivity index (χ3v) is 4.13. The summed E-state index contributed by atoms with van der Waals surface area (Å²) in [5.74, 6) is 1.35. The Labute approximate surface area is 106 Å². The highest BCUT2D eigenvalue weighted by molar-refractivity contribution is 5.41. The maximum absolute atomic E-state index is 3.53. The largest absolute Gasteiger partial charge is 0.316 e. The molecule has 0 spiro atoms. The summed E-state index contributed by atoms with van der Waals surface area (Å²) in [7, 11) is 0. The van der Waals surface area contributed by atoms with Crippen molar-refractivity contribution >= 4 is 0 Å². The molecule has 2 rings (SSSR count). The van der Waals surface area contributed by atoms with Crippen LogP contribution in [0.2, 0.25) is 0 Å². The average Bonchev–Trinajstić information content (AvgIpc) is 2.33. The molecule has 0 bridgehead atoms. The molecule has 1 fully saturated rings. The number of benzene rings is 1. The predicted octanol–water partition coefficient (Wildman–Crippen LogP) is 3.89. The van der Waals surface area contributed by atoms with Crippen molar-refractivity contribution in [3.63, 3.8) is 0 Å². The second-order valence-corrected chi connectivity index (χ2v) is 5.75. The highest BCUT2D eigenvalue weighted by atomic mass is 14.9. The van der Waals surface area contributed by atoms with E-state index in [0.717, 1.165) is 12.5 Å². The van der Waals surface area contributed by atoms with Gasteiger partial charge in [0.1, 0.15) is 0 Å². The van der Waals surface area contributed by atoms with Gasteiger partial charge in [-0.3, -0.25) is 0 Å². The third-order valence-electron chi connectivity index (χ3n) is 4.13. The van der Waals surface area contributed by atoms with E-state index in [9.17, 15) is 0 Å². The summed E-state index contributed by atoms with van der Waals surface area (Å²) in [5.41, 5.74) is 6.04. The van der Waals surface area contributed by atoms with E-state index in [4.69, 9.17) is 0 Å². The summed E-state index contributed by atoms with van der Waals surface area (Å²) < 4.78 is 0. The molecule has 1 heteroatoms. The van der Waals surface area contributed by atoms with Crippen LogP contribution in [0.25, 0.3) is 0 Å². The molecule has 1 aromatic rings. The molecule has 1 N–H and O–H groups in total. The topological polar surface area (TPSA) is 12.0 Å². The Bertz CT molecular complexity index is 387. The van der Waals surface area contributed by atoms with E-state index in [0.29, 0.717) is 5.92 Å². The van der Waals surface area contributed by atoms with Gasteiger partial charge in [-0.15, -0.1) is 0 Å². The minimum Gasteiger partial charge on any atom is -0.316 e. The first-order chi connectivity index (χ1) is 8.09. The predicted molar refractivity (Wildman–Crippen MR) is 74.8 cm³/mol. The number of hydrogen-bond donors (Lipinski definition) is 1. The second kappa shape index (κ2) is 5.22. The Morgan fingerprint density at radius 1 is 1.24 bits per heavy atom. The van der Waals surface area contributed by atoms with E-state index >= 15 is 0 Å². The highest BCUT2D eigenvalue weighted by Crippen LogP contribution is 2.30. The molecular weight excluding hydrogens is 206 g/mol. The van der Waals surface area contributed by atoms with Crippen LogP contribution in [0.3, 0.4) is 0 Å². The normalized spacial score (nSPS) is 20.9. The molecule has 94 valence electrons. The van der Waals surface area contributed by atoms with Gasteiger partial charge in [-0.25, -0.2) is 0 Å². The van der Waals surface area contributed by atoms with Gasteiger partial charge in [-0.1, -0.05) is 26.0 Å². The Kier molecular flexibility index (Phi) is 3.88. The van der Waals surface area contributed by atoms with Crippen molar-refractivity contribution in [3.05, 3.63) is 34.4 Å². The molecule has 0 aliphatic carbocycles. The first-order valence-electron chi connectivity index (χ1n) is 6.91. The Morgan fingerprint density at radius 2 is 2.00 bits per heavy atom. The zero-order valence-electron chi connectivity index (χ0n) is 11.6. The van der Waals surface area contributed by atoms with E-state index in [1.807, 2.05) is 0 Å². The molecule has 1 unspecified atom stereocenters. The Balaban J connectivity index is 2.36. The molecule has 1 saturated heterocycles. The number of rotatable bonds is 2. The van der Waals surface area contributed by atoms with Crippen molar-refractivity contribution < 1.29 is 0 Å². The van der Waals surface area contributed by atoms with Crippen molar-refractivity contribution in [2.24, 2.45) is 0 Å². The van der Waals surface area contributed by atoms with E-state index in [1.165, 1.54) is 36.1 Å². The van der Waals surface area contributed by atoms with Gasteiger partial charge in [0, 0.05) is 6.54 Å². The SMILES string of the molecule is Cc1cc(C(C)C)cc(C2CCCNC2)c1C. The number of piperidine rings is 1. The molecule has 1 aliphatic heterocycles. The van der Waals surface area contributed by atoms with Gasteiger partial charge in [0.2, 0.25) is 0 Å². The Morgan fingerprint density at radius 3 is 2.59 bits per heavy atom. The van der Waals surface area contributed by atoms with Crippen LogP contribution in [0, 0.1) is 13.8 Å². The van der Waals surface area contributed by atoms with Gasteiger partial charge in [0.15, 0.2) is 0 Å². The minimum atomic E-state index is 0.629. The lowest BCUT2D eigenvalue weighted by Crippen LogP contribution is -2.29. The fourth-order valence-corrected chi connectivity index (χ4v) is 2.79. The highest BCUT2D eigenvalue weighted by Gasteiger charge is 2.18. The van der Waals surface area contributed by atoms with Gasteiger partial charge < -0.3 is 5.32 Å². The molecule has 0 radical (unpaired) electrons. The zero-order valence-corrected chi connectivity index (χ0v) is 11.6. The first-order valence-corrected chi connectivity index (χ1v) is 6.91. The third kappa shape index (κ3) is 2.71. The maximum Gasteiger partial charge on any atom is 0.00202 e. The lowest BCUT2D eigenvalue weighted by atomic mass is 9.84. The molecule has 1 aromatic carbocycles. The zero-order chi connectivity index (χ0) is 12.4. The Hall–Kier alpha value is -0.820. The molecule has 1 heterocycles. The van der Waals surface area contributed by atoms with Crippen molar-refractivity contribution in [2.75, 3.05) is 13.1 Å². The van der Waals surface area contributed by atoms with Crippen LogP contribution in [0.4, 0.5) is 0 Å². The van der Waals surface area contributed by atoms with Crippen LogP contribution in [-0.2, 0) is 0 Å². The molecule has 0 saturated carbocycles. The number of hydrogen-bond acceptors (Lipinski definition) is 1. The quantitative estimate of drug-likeness (QED) is 0.814. The summed E-state index contributed by atoms with van der Waals surface area (Å²) in [4.78, 5) is 0. The summed E-state index contributed by atoms with van der Waals surface area (Å²) in [6, 6.07) is 4.81. The van der Waals surface area contributed by atoms with Crippen LogP contribution >= 0.6 is 0 Å². The van der Waals surface area contributed by atoms with Crippen molar-refractivity contribution in [2.45, 2.75) is 52.4 Å². The van der Waals surface area contributed by atoms with E-state index in [2.05, 4.69) is 45.1 Å². The van der Waals surface area contributed by atoms with Crippen molar-refractivity contribution in [3.8, 4) is 0 Å². The van der Waals surface area contributed by atoms with Crippen LogP contribution < -0.4 is 5.32 Å². The smallest absolute Gasteiger partial charge is 0.00202 e. The molecule has 1 aliphatic rings. The molecule has 17 heavy (non-hydrogen) atoms. The molecular formula is C16H25N. The lowest BCUT2D eigenvalue weighted by molar-refractivity contribution is 0.460. The van der Waals surface area contributed by atoms with Crippen LogP contribution in [-0.4, -0.2) is 13.1 Å². The van der Waals surface area contributed by atoms with Gasteiger partial charge in [0.25, 0.3) is 0 Å². The van der Waals surface area contributed by atoms with Crippen LogP contribution in [0.15, 0.2) is 12.1 Å². The van der Waals surface area contributed by atoms with Crippen molar-refractivity contribution in [1.82, 2.24) is 5.32 Å². The minimum absolute atomic E-state index is 0.629. The average molecular weight is 231 g/mol. The lowest BCUT2D eigenvalue weighted by Gasteiger charge is -2.26. The van der Waals surface area contributed by atoms with Crippen molar-refractivity contribution in [1.29, 1.82) is 0 Å². The summed E-state index contributed by atoms with van der Waals surface area (Å²) in [6.45, 7) is 11.4. The van der Waals surface area contributed by atoms with E-state index in [1.54, 1.807) is 5.56 Å². The second-order valence-electron chi connectivity index (χ2n) is 5.75. The van der Waals surface area contributed by atoms with Gasteiger partial charge in [0.05, 0.1) is 0 Å². The monoisotopic (exact) mass is 231 g/mol. The number of aryl methyl sites for hydroxylation is 1. The first kappa shape index (κ1) is 12.6. The standard InChI is InChI=1S/C16H25N/c1-11(2)15-8-12(3)13(4)16(9-15)14-6-5-7-17-10-14/h8-9,11,14,17H,5-7,10H2,1-4H3.